The lowest BCUT2D eigenvalue weighted by Gasteiger charge is -2.30. The molecule has 0 aliphatic carbocycles. The Morgan fingerprint density at radius 3 is 2.80 bits per heavy atom. The van der Waals surface area contributed by atoms with Crippen LogP contribution in [0.5, 0.6) is 11.5 Å². The van der Waals surface area contributed by atoms with Crippen LogP contribution in [0.2, 0.25) is 0 Å². The molecule has 8 nitrogen and oxygen atoms in total. The molecule has 3 amide bonds. The summed E-state index contributed by atoms with van der Waals surface area (Å²) in [6.45, 7) is 4.40. The monoisotopic (exact) mass is 351 g/mol. The van der Waals surface area contributed by atoms with Gasteiger partial charge in [0.2, 0.25) is 5.91 Å². The number of methoxy groups -OCH3 is 1. The van der Waals surface area contributed by atoms with Gasteiger partial charge < -0.3 is 19.5 Å². The second-order valence-electron chi connectivity index (χ2n) is 5.62. The molecule has 1 heterocycles. The molecule has 0 saturated heterocycles. The van der Waals surface area contributed by atoms with Gasteiger partial charge in [0.05, 0.1) is 13.2 Å². The standard InChI is InChI=1S/C17H25N3O5/c1-3-20(11-16(21)19-17(22)18-8-9-23-2)10-13-12-24-14-6-4-5-7-15(14)25-13/h4-7,13H,3,8-12H2,1-2H3,(H2,18,19,21,22). The molecule has 0 aromatic heterocycles. The predicted molar refractivity (Wildman–Crippen MR) is 91.9 cm³/mol. The SMILES string of the molecule is CCN(CC(=O)NC(=O)NCCOC)CC1COc2ccccc2O1. The Hall–Kier alpha value is -2.32. The van der Waals surface area contributed by atoms with Gasteiger partial charge in [-0.05, 0) is 18.7 Å². The van der Waals surface area contributed by atoms with Gasteiger partial charge in [-0.1, -0.05) is 19.1 Å². The number of imide groups is 1. The average molecular weight is 351 g/mol. The zero-order chi connectivity index (χ0) is 18.1. The first kappa shape index (κ1) is 19.0. The van der Waals surface area contributed by atoms with Crippen LogP contribution in [0.3, 0.4) is 0 Å². The number of carbonyl (C=O) groups is 2. The number of para-hydroxylation sites is 2. The van der Waals surface area contributed by atoms with Crippen LogP contribution in [-0.2, 0) is 9.53 Å². The molecule has 138 valence electrons. The summed E-state index contributed by atoms with van der Waals surface area (Å²) in [5, 5.41) is 4.84. The zero-order valence-corrected chi connectivity index (χ0v) is 14.6. The zero-order valence-electron chi connectivity index (χ0n) is 14.6. The fourth-order valence-electron chi connectivity index (χ4n) is 2.43. The number of nitrogens with one attached hydrogen (secondary N) is 2. The van der Waals surface area contributed by atoms with Gasteiger partial charge in [-0.3, -0.25) is 15.0 Å². The van der Waals surface area contributed by atoms with Gasteiger partial charge in [0, 0.05) is 20.2 Å². The van der Waals surface area contributed by atoms with Crippen molar-refractivity contribution in [1.29, 1.82) is 0 Å². The molecule has 1 atom stereocenters. The van der Waals surface area contributed by atoms with Crippen molar-refractivity contribution in [1.82, 2.24) is 15.5 Å². The smallest absolute Gasteiger partial charge is 0.321 e. The Bertz CT molecular complexity index is 581. The van der Waals surface area contributed by atoms with Crippen molar-refractivity contribution in [3.8, 4) is 11.5 Å². The molecule has 1 aliphatic heterocycles. The van der Waals surface area contributed by atoms with Crippen LogP contribution < -0.4 is 20.1 Å². The molecule has 1 aliphatic rings. The normalized spacial score (nSPS) is 15.7. The molecule has 0 saturated carbocycles. The molecule has 0 spiro atoms. The van der Waals surface area contributed by atoms with Crippen LogP contribution in [-0.4, -0.2) is 69.4 Å². The van der Waals surface area contributed by atoms with Crippen LogP contribution in [0.25, 0.3) is 0 Å². The highest BCUT2D eigenvalue weighted by Gasteiger charge is 2.23. The van der Waals surface area contributed by atoms with E-state index in [1.165, 1.54) is 0 Å². The molecule has 0 radical (unpaired) electrons. The molecular formula is C17H25N3O5. The van der Waals surface area contributed by atoms with Crippen molar-refractivity contribution < 1.29 is 23.8 Å². The fourth-order valence-corrected chi connectivity index (χ4v) is 2.43. The van der Waals surface area contributed by atoms with E-state index in [2.05, 4.69) is 10.6 Å². The lowest BCUT2D eigenvalue weighted by molar-refractivity contribution is -0.121. The first-order valence-electron chi connectivity index (χ1n) is 8.29. The molecule has 1 aromatic rings. The number of nitrogens with zero attached hydrogens (tertiary/aromatic N) is 1. The Morgan fingerprint density at radius 2 is 2.08 bits per heavy atom. The Kier molecular flexibility index (Phi) is 7.49. The Labute approximate surface area is 147 Å². The highest BCUT2D eigenvalue weighted by Crippen LogP contribution is 2.30. The second-order valence-corrected chi connectivity index (χ2v) is 5.62. The van der Waals surface area contributed by atoms with Crippen molar-refractivity contribution in [2.24, 2.45) is 0 Å². The van der Waals surface area contributed by atoms with Crippen molar-refractivity contribution >= 4 is 11.9 Å². The second kappa shape index (κ2) is 9.85. The van der Waals surface area contributed by atoms with Crippen LogP contribution in [0, 0.1) is 0 Å². The van der Waals surface area contributed by atoms with Crippen LogP contribution in [0.15, 0.2) is 24.3 Å². The van der Waals surface area contributed by atoms with Crippen molar-refractivity contribution in [2.75, 3.05) is 46.5 Å². The lowest BCUT2D eigenvalue weighted by Crippen LogP contribution is -2.48. The van der Waals surface area contributed by atoms with E-state index < -0.39 is 6.03 Å². The minimum absolute atomic E-state index is 0.107. The third kappa shape index (κ3) is 6.24. The topological polar surface area (TPSA) is 89.1 Å². The minimum Gasteiger partial charge on any atom is -0.486 e. The van der Waals surface area contributed by atoms with Crippen molar-refractivity contribution in [2.45, 2.75) is 13.0 Å². The van der Waals surface area contributed by atoms with Crippen LogP contribution in [0.1, 0.15) is 6.92 Å². The molecule has 2 N–H and O–H groups in total. The minimum atomic E-state index is -0.524. The number of rotatable bonds is 8. The number of carbonyl (C=O) groups excluding carboxylic acids is 2. The number of amides is 3. The van der Waals surface area contributed by atoms with Crippen molar-refractivity contribution in [3.05, 3.63) is 24.3 Å². The van der Waals surface area contributed by atoms with E-state index in [1.54, 1.807) is 7.11 Å². The number of ether oxygens (including phenoxy) is 3. The number of benzene rings is 1. The molecule has 1 unspecified atom stereocenters. The molecule has 0 fully saturated rings. The van der Waals surface area contributed by atoms with Crippen LogP contribution in [0.4, 0.5) is 4.79 Å². The summed E-state index contributed by atoms with van der Waals surface area (Å²) in [4.78, 5) is 25.4. The lowest BCUT2D eigenvalue weighted by atomic mass is 10.2. The summed E-state index contributed by atoms with van der Waals surface area (Å²) in [5.74, 6) is 1.07. The molecular weight excluding hydrogens is 326 g/mol. The van der Waals surface area contributed by atoms with Gasteiger partial charge in [0.25, 0.3) is 0 Å². The van der Waals surface area contributed by atoms with Crippen molar-refractivity contribution in [3.63, 3.8) is 0 Å². The summed E-state index contributed by atoms with van der Waals surface area (Å²) in [7, 11) is 1.54. The number of hydrogen-bond donors (Lipinski definition) is 2. The van der Waals surface area contributed by atoms with Gasteiger partial charge in [0.15, 0.2) is 11.5 Å². The summed E-state index contributed by atoms with van der Waals surface area (Å²) in [5.41, 5.74) is 0. The summed E-state index contributed by atoms with van der Waals surface area (Å²) in [6.07, 6.45) is -0.168. The first-order valence-corrected chi connectivity index (χ1v) is 8.29. The van der Waals surface area contributed by atoms with E-state index in [4.69, 9.17) is 14.2 Å². The maximum atomic E-state index is 12.0. The predicted octanol–water partition coefficient (Wildman–Crippen LogP) is 0.621. The molecule has 8 heteroatoms. The van der Waals surface area contributed by atoms with Gasteiger partial charge in [-0.15, -0.1) is 0 Å². The molecule has 2 rings (SSSR count). The summed E-state index contributed by atoms with van der Waals surface area (Å²) >= 11 is 0. The summed E-state index contributed by atoms with van der Waals surface area (Å²) < 4.78 is 16.4. The number of urea groups is 1. The van der Waals surface area contributed by atoms with E-state index in [-0.39, 0.29) is 18.6 Å². The van der Waals surface area contributed by atoms with E-state index in [0.717, 1.165) is 5.75 Å². The van der Waals surface area contributed by atoms with E-state index in [0.29, 0.717) is 38.6 Å². The number of fused-ring (bicyclic) bond motifs is 1. The molecule has 25 heavy (non-hydrogen) atoms. The highest BCUT2D eigenvalue weighted by atomic mass is 16.6. The van der Waals surface area contributed by atoms with E-state index >= 15 is 0 Å². The highest BCUT2D eigenvalue weighted by molar-refractivity contribution is 5.95. The van der Waals surface area contributed by atoms with Gasteiger partial charge in [-0.25, -0.2) is 4.79 Å². The fraction of sp³-hybridized carbons (Fsp3) is 0.529. The van der Waals surface area contributed by atoms with Gasteiger partial charge in [0.1, 0.15) is 12.7 Å². The number of hydrogen-bond acceptors (Lipinski definition) is 6. The maximum absolute atomic E-state index is 12.0. The van der Waals surface area contributed by atoms with Gasteiger partial charge >= 0.3 is 6.03 Å². The Morgan fingerprint density at radius 1 is 1.32 bits per heavy atom. The maximum Gasteiger partial charge on any atom is 0.321 e. The van der Waals surface area contributed by atoms with E-state index in [9.17, 15) is 9.59 Å². The summed E-state index contributed by atoms with van der Waals surface area (Å²) in [6, 6.07) is 6.97. The largest absolute Gasteiger partial charge is 0.486 e. The third-order valence-electron chi connectivity index (χ3n) is 3.69. The first-order chi connectivity index (χ1) is 12.1. The van der Waals surface area contributed by atoms with Gasteiger partial charge in [-0.2, -0.15) is 0 Å². The average Bonchev–Trinajstić information content (AvgIpc) is 2.61. The quantitative estimate of drug-likeness (QED) is 0.668. The Balaban J connectivity index is 1.76. The third-order valence-corrected chi connectivity index (χ3v) is 3.69. The van der Waals surface area contributed by atoms with Crippen LogP contribution >= 0.6 is 0 Å². The molecule has 0 bridgehead atoms. The molecule has 1 aromatic carbocycles. The van der Waals surface area contributed by atoms with E-state index in [1.807, 2.05) is 36.1 Å². The number of likely N-dealkylation sites (N-methyl/N-ethyl adjacent to an activating group) is 1.